The van der Waals surface area contributed by atoms with Gasteiger partial charge in [-0.3, -0.25) is 14.9 Å². The summed E-state index contributed by atoms with van der Waals surface area (Å²) in [5, 5.41) is 17.9. The number of non-ortho nitro benzene ring substituents is 1. The molecule has 0 atom stereocenters. The number of hydrogen-bond acceptors (Lipinski definition) is 6. The van der Waals surface area contributed by atoms with Crippen molar-refractivity contribution in [2.75, 3.05) is 5.32 Å². The SMILES string of the molecule is Cc1nn(CC(=O)Nc2cc([N+](=O)[O-])ccc2Cl)c2nc(-c3ccco3)cc(C(F)F)c12. The lowest BCUT2D eigenvalue weighted by atomic mass is 10.1. The summed E-state index contributed by atoms with van der Waals surface area (Å²) in [6, 6.07) is 8.02. The van der Waals surface area contributed by atoms with E-state index in [1.807, 2.05) is 0 Å². The number of nitro benzene ring substituents is 1. The van der Waals surface area contributed by atoms with Gasteiger partial charge in [-0.15, -0.1) is 0 Å². The molecule has 0 saturated carbocycles. The molecule has 0 aliphatic carbocycles. The lowest BCUT2D eigenvalue weighted by Gasteiger charge is -2.09. The maximum Gasteiger partial charge on any atom is 0.271 e. The van der Waals surface area contributed by atoms with Crippen molar-refractivity contribution in [2.24, 2.45) is 0 Å². The molecule has 1 N–H and O–H groups in total. The van der Waals surface area contributed by atoms with Crippen LogP contribution in [-0.2, 0) is 11.3 Å². The molecule has 0 aliphatic heterocycles. The van der Waals surface area contributed by atoms with Crippen LogP contribution in [0.15, 0.2) is 47.1 Å². The van der Waals surface area contributed by atoms with Crippen molar-refractivity contribution >= 4 is 39.9 Å². The van der Waals surface area contributed by atoms with Gasteiger partial charge in [0.25, 0.3) is 12.1 Å². The van der Waals surface area contributed by atoms with Crippen LogP contribution >= 0.6 is 11.6 Å². The molecule has 0 unspecified atom stereocenters. The summed E-state index contributed by atoms with van der Waals surface area (Å²) in [6.07, 6.45) is -1.41. The fourth-order valence-corrected chi connectivity index (χ4v) is 3.43. The number of carbonyl (C=O) groups is 1. The fraction of sp³-hybridized carbons (Fsp3) is 0.150. The number of aromatic nitrogens is 3. The molecule has 0 spiro atoms. The van der Waals surface area contributed by atoms with Crippen molar-refractivity contribution < 1.29 is 22.9 Å². The number of benzene rings is 1. The summed E-state index contributed by atoms with van der Waals surface area (Å²) in [4.78, 5) is 27.3. The zero-order chi connectivity index (χ0) is 23.0. The number of hydrogen-bond donors (Lipinski definition) is 1. The Morgan fingerprint density at radius 1 is 1.34 bits per heavy atom. The van der Waals surface area contributed by atoms with Crippen molar-refractivity contribution in [1.29, 1.82) is 0 Å². The number of nitrogens with one attached hydrogen (secondary N) is 1. The standard InChI is InChI=1S/C20H14ClF2N5O4/c1-10-18-12(19(22)23)8-15(16-3-2-6-32-16)25-20(18)27(26-10)9-17(29)24-14-7-11(28(30)31)4-5-13(14)21/h2-8,19H,9H2,1H3,(H,24,29). The van der Waals surface area contributed by atoms with Crippen LogP contribution in [0.25, 0.3) is 22.5 Å². The first-order chi connectivity index (χ1) is 15.2. The Kier molecular flexibility index (Phi) is 5.57. The third-order valence-corrected chi connectivity index (χ3v) is 4.97. The van der Waals surface area contributed by atoms with Crippen LogP contribution in [0.5, 0.6) is 0 Å². The van der Waals surface area contributed by atoms with Gasteiger partial charge in [-0.2, -0.15) is 5.10 Å². The largest absolute Gasteiger partial charge is 0.463 e. The number of pyridine rings is 1. The molecule has 0 radical (unpaired) electrons. The lowest BCUT2D eigenvalue weighted by Crippen LogP contribution is -2.20. The number of halogens is 3. The molecular weight excluding hydrogens is 448 g/mol. The van der Waals surface area contributed by atoms with E-state index >= 15 is 0 Å². The Hall–Kier alpha value is -3.86. The third-order valence-electron chi connectivity index (χ3n) is 4.64. The summed E-state index contributed by atoms with van der Waals surface area (Å²) in [6.45, 7) is 1.15. The van der Waals surface area contributed by atoms with Gasteiger partial charge in [0.2, 0.25) is 5.91 Å². The Labute approximate surface area is 183 Å². The molecule has 12 heteroatoms. The Bertz CT molecular complexity index is 1340. The van der Waals surface area contributed by atoms with E-state index in [1.165, 1.54) is 36.1 Å². The van der Waals surface area contributed by atoms with E-state index in [1.54, 1.807) is 12.1 Å². The summed E-state index contributed by atoms with van der Waals surface area (Å²) in [5.74, 6) is -0.340. The number of fused-ring (bicyclic) bond motifs is 1. The minimum atomic E-state index is -2.80. The van der Waals surface area contributed by atoms with Gasteiger partial charge in [-0.25, -0.2) is 18.4 Å². The van der Waals surface area contributed by atoms with Crippen molar-refractivity contribution in [3.63, 3.8) is 0 Å². The molecule has 32 heavy (non-hydrogen) atoms. The number of amides is 1. The summed E-state index contributed by atoms with van der Waals surface area (Å²) >= 11 is 6.01. The van der Waals surface area contributed by atoms with Crippen LogP contribution in [0, 0.1) is 17.0 Å². The van der Waals surface area contributed by atoms with Crippen LogP contribution in [0.2, 0.25) is 5.02 Å². The molecule has 164 valence electrons. The lowest BCUT2D eigenvalue weighted by molar-refractivity contribution is -0.384. The molecule has 1 amide bonds. The van der Waals surface area contributed by atoms with Crippen LogP contribution in [-0.4, -0.2) is 25.6 Å². The predicted octanol–water partition coefficient (Wildman–Crippen LogP) is 5.14. The number of aryl methyl sites for hydroxylation is 1. The number of alkyl halides is 2. The summed E-state index contributed by atoms with van der Waals surface area (Å²) in [7, 11) is 0. The van der Waals surface area contributed by atoms with E-state index in [0.29, 0.717) is 0 Å². The quantitative estimate of drug-likeness (QED) is 0.314. The van der Waals surface area contributed by atoms with E-state index < -0.39 is 17.3 Å². The second-order valence-corrected chi connectivity index (χ2v) is 7.19. The third kappa shape index (κ3) is 4.02. The Balaban J connectivity index is 1.71. The van der Waals surface area contributed by atoms with Gasteiger partial charge < -0.3 is 9.73 Å². The fourth-order valence-electron chi connectivity index (χ4n) is 3.27. The minimum absolute atomic E-state index is 0.0385. The average molecular weight is 462 g/mol. The first-order valence-corrected chi connectivity index (χ1v) is 9.56. The van der Waals surface area contributed by atoms with Gasteiger partial charge in [-0.05, 0) is 31.2 Å². The second-order valence-electron chi connectivity index (χ2n) is 6.79. The van der Waals surface area contributed by atoms with E-state index in [0.717, 1.165) is 6.07 Å². The predicted molar refractivity (Wildman–Crippen MR) is 112 cm³/mol. The molecule has 4 rings (SSSR count). The Morgan fingerprint density at radius 2 is 2.12 bits per heavy atom. The number of anilines is 1. The van der Waals surface area contributed by atoms with E-state index in [2.05, 4.69) is 15.4 Å². The smallest absolute Gasteiger partial charge is 0.271 e. The molecule has 0 bridgehead atoms. The molecule has 9 nitrogen and oxygen atoms in total. The van der Waals surface area contributed by atoms with E-state index in [9.17, 15) is 23.7 Å². The van der Waals surface area contributed by atoms with Crippen molar-refractivity contribution in [1.82, 2.24) is 14.8 Å². The van der Waals surface area contributed by atoms with Gasteiger partial charge in [0.05, 0.1) is 33.0 Å². The monoisotopic (exact) mass is 461 g/mol. The summed E-state index contributed by atoms with van der Waals surface area (Å²) < 4.78 is 34.0. The number of rotatable bonds is 6. The van der Waals surface area contributed by atoms with Crippen LogP contribution in [0.3, 0.4) is 0 Å². The number of carbonyl (C=O) groups excluding carboxylic acids is 1. The molecule has 1 aromatic carbocycles. The van der Waals surface area contributed by atoms with Crippen LogP contribution in [0.1, 0.15) is 17.7 Å². The summed E-state index contributed by atoms with van der Waals surface area (Å²) in [5.41, 5.74) is 0.0170. The number of nitrogens with zero attached hydrogens (tertiary/aromatic N) is 4. The van der Waals surface area contributed by atoms with Crippen molar-refractivity contribution in [3.05, 3.63) is 69.1 Å². The van der Waals surface area contributed by atoms with E-state index in [4.69, 9.17) is 16.0 Å². The first-order valence-electron chi connectivity index (χ1n) is 9.18. The van der Waals surface area contributed by atoms with Gasteiger partial charge in [0, 0.05) is 17.7 Å². The van der Waals surface area contributed by atoms with Gasteiger partial charge in [0.15, 0.2) is 11.4 Å². The van der Waals surface area contributed by atoms with Crippen molar-refractivity contribution in [3.8, 4) is 11.5 Å². The zero-order valence-corrected chi connectivity index (χ0v) is 17.1. The van der Waals surface area contributed by atoms with Crippen LogP contribution < -0.4 is 5.32 Å². The normalized spacial score (nSPS) is 11.3. The average Bonchev–Trinajstić information content (AvgIpc) is 3.37. The van der Waals surface area contributed by atoms with Gasteiger partial charge >= 0.3 is 0 Å². The second kappa shape index (κ2) is 8.35. The van der Waals surface area contributed by atoms with E-state index in [-0.39, 0.29) is 56.7 Å². The molecule has 0 saturated heterocycles. The minimum Gasteiger partial charge on any atom is -0.463 e. The molecular formula is C20H14ClF2N5O4. The highest BCUT2D eigenvalue weighted by Crippen LogP contribution is 2.33. The highest BCUT2D eigenvalue weighted by Gasteiger charge is 2.23. The maximum absolute atomic E-state index is 13.8. The highest BCUT2D eigenvalue weighted by molar-refractivity contribution is 6.33. The molecule has 4 aromatic rings. The molecule has 3 aromatic heterocycles. The maximum atomic E-state index is 13.8. The van der Waals surface area contributed by atoms with Crippen molar-refractivity contribution in [2.45, 2.75) is 19.9 Å². The van der Waals surface area contributed by atoms with Gasteiger partial charge in [-0.1, -0.05) is 11.6 Å². The zero-order valence-electron chi connectivity index (χ0n) is 16.4. The highest BCUT2D eigenvalue weighted by atomic mass is 35.5. The van der Waals surface area contributed by atoms with Crippen LogP contribution in [0.4, 0.5) is 20.2 Å². The first kappa shape index (κ1) is 21.4. The Morgan fingerprint density at radius 3 is 2.78 bits per heavy atom. The molecule has 0 aliphatic rings. The molecule has 3 heterocycles. The number of furan rings is 1. The number of nitro groups is 1. The van der Waals surface area contributed by atoms with Gasteiger partial charge in [0.1, 0.15) is 12.2 Å². The topological polar surface area (TPSA) is 116 Å². The molecule has 0 fully saturated rings.